The number of piperidine rings is 1. The first kappa shape index (κ1) is 15.2. The Morgan fingerprint density at radius 1 is 1.30 bits per heavy atom. The van der Waals surface area contributed by atoms with Gasteiger partial charge >= 0.3 is 0 Å². The predicted molar refractivity (Wildman–Crippen MR) is 90.9 cm³/mol. The van der Waals surface area contributed by atoms with Crippen molar-refractivity contribution in [2.45, 2.75) is 19.3 Å². The highest BCUT2D eigenvalue weighted by atomic mass is 16.6. The second kappa shape index (κ2) is 6.60. The smallest absolute Gasteiger partial charge is 0.270 e. The number of anilines is 2. The summed E-state index contributed by atoms with van der Waals surface area (Å²) in [5, 5.41) is 14.9. The van der Waals surface area contributed by atoms with Crippen molar-refractivity contribution in [3.8, 4) is 0 Å². The van der Waals surface area contributed by atoms with Crippen molar-refractivity contribution in [1.82, 2.24) is 9.97 Å². The van der Waals surface area contributed by atoms with Gasteiger partial charge in [-0.15, -0.1) is 6.58 Å². The van der Waals surface area contributed by atoms with Gasteiger partial charge in [-0.05, 0) is 25.3 Å². The zero-order valence-corrected chi connectivity index (χ0v) is 12.9. The summed E-state index contributed by atoms with van der Waals surface area (Å²) in [7, 11) is 0. The van der Waals surface area contributed by atoms with E-state index < -0.39 is 0 Å². The van der Waals surface area contributed by atoms with Crippen molar-refractivity contribution in [3.63, 3.8) is 0 Å². The van der Waals surface area contributed by atoms with E-state index in [-0.39, 0.29) is 10.6 Å². The molecule has 0 unspecified atom stereocenters. The summed E-state index contributed by atoms with van der Waals surface area (Å²) >= 11 is 0. The quantitative estimate of drug-likeness (QED) is 0.518. The highest BCUT2D eigenvalue weighted by Crippen LogP contribution is 2.30. The van der Waals surface area contributed by atoms with Gasteiger partial charge in [0.05, 0.1) is 10.4 Å². The number of benzene rings is 1. The third-order valence-electron chi connectivity index (χ3n) is 3.93. The molecular formula is C16H19N5O2. The van der Waals surface area contributed by atoms with E-state index in [0.29, 0.717) is 18.0 Å². The van der Waals surface area contributed by atoms with Crippen LogP contribution in [0.15, 0.2) is 30.9 Å². The zero-order valence-electron chi connectivity index (χ0n) is 12.9. The molecule has 1 aromatic heterocycles. The van der Waals surface area contributed by atoms with Crippen LogP contribution in [0.25, 0.3) is 10.9 Å². The number of fused-ring (bicyclic) bond motifs is 1. The van der Waals surface area contributed by atoms with Crippen molar-refractivity contribution in [3.05, 3.63) is 41.0 Å². The molecule has 23 heavy (non-hydrogen) atoms. The SMILES string of the molecule is C=CCNc1nc(N2CCCCC2)c2cc([N+](=O)[O-])ccc2n1. The average molecular weight is 313 g/mol. The van der Waals surface area contributed by atoms with Gasteiger partial charge in [-0.2, -0.15) is 4.98 Å². The molecule has 0 aliphatic carbocycles. The summed E-state index contributed by atoms with van der Waals surface area (Å²) in [4.78, 5) is 21.9. The molecule has 1 aliphatic heterocycles. The van der Waals surface area contributed by atoms with Crippen LogP contribution in [0.3, 0.4) is 0 Å². The molecular weight excluding hydrogens is 294 g/mol. The van der Waals surface area contributed by atoms with Crippen molar-refractivity contribution in [2.75, 3.05) is 29.9 Å². The van der Waals surface area contributed by atoms with E-state index in [4.69, 9.17) is 0 Å². The van der Waals surface area contributed by atoms with Gasteiger partial charge in [-0.1, -0.05) is 6.08 Å². The van der Waals surface area contributed by atoms with E-state index in [1.165, 1.54) is 12.5 Å². The van der Waals surface area contributed by atoms with E-state index in [1.807, 2.05) is 0 Å². The molecule has 1 N–H and O–H groups in total. The minimum atomic E-state index is -0.386. The number of non-ortho nitro benzene ring substituents is 1. The van der Waals surface area contributed by atoms with Crippen molar-refractivity contribution in [1.29, 1.82) is 0 Å². The Bertz CT molecular complexity index is 741. The summed E-state index contributed by atoms with van der Waals surface area (Å²) in [5.41, 5.74) is 0.767. The monoisotopic (exact) mass is 313 g/mol. The largest absolute Gasteiger partial charge is 0.356 e. The number of nitro groups is 1. The molecule has 0 radical (unpaired) electrons. The molecule has 2 heterocycles. The number of nitrogens with zero attached hydrogens (tertiary/aromatic N) is 4. The summed E-state index contributed by atoms with van der Waals surface area (Å²) in [6.45, 7) is 6.07. The topological polar surface area (TPSA) is 84.2 Å². The molecule has 1 aromatic carbocycles. The maximum absolute atomic E-state index is 11.1. The van der Waals surface area contributed by atoms with E-state index in [9.17, 15) is 10.1 Å². The summed E-state index contributed by atoms with van der Waals surface area (Å²) in [6.07, 6.45) is 5.16. The Balaban J connectivity index is 2.11. The fourth-order valence-electron chi connectivity index (χ4n) is 2.80. The molecule has 0 spiro atoms. The molecule has 1 aliphatic rings. The maximum Gasteiger partial charge on any atom is 0.270 e. The molecule has 0 amide bonds. The third-order valence-corrected chi connectivity index (χ3v) is 3.93. The average Bonchev–Trinajstić information content (AvgIpc) is 2.59. The van der Waals surface area contributed by atoms with E-state index >= 15 is 0 Å². The molecule has 0 bridgehead atoms. The lowest BCUT2D eigenvalue weighted by molar-refractivity contribution is -0.384. The van der Waals surface area contributed by atoms with Crippen LogP contribution in [-0.4, -0.2) is 34.5 Å². The number of hydrogen-bond donors (Lipinski definition) is 1. The summed E-state index contributed by atoms with van der Waals surface area (Å²) in [6, 6.07) is 4.73. The summed E-state index contributed by atoms with van der Waals surface area (Å²) < 4.78 is 0. The van der Waals surface area contributed by atoms with Gasteiger partial charge in [0.2, 0.25) is 5.95 Å². The van der Waals surface area contributed by atoms with Crippen LogP contribution in [0, 0.1) is 10.1 Å². The first-order valence-electron chi connectivity index (χ1n) is 7.75. The van der Waals surface area contributed by atoms with Crippen LogP contribution in [-0.2, 0) is 0 Å². The standard InChI is InChI=1S/C16H19N5O2/c1-2-8-17-16-18-14-7-6-12(21(22)23)11-13(14)15(19-16)20-9-4-3-5-10-20/h2,6-7,11H,1,3-5,8-10H2,(H,17,18,19). The van der Waals surface area contributed by atoms with Crippen molar-refractivity contribution in [2.24, 2.45) is 0 Å². The first-order valence-corrected chi connectivity index (χ1v) is 7.75. The molecule has 7 heteroatoms. The van der Waals surface area contributed by atoms with Gasteiger partial charge in [-0.3, -0.25) is 10.1 Å². The van der Waals surface area contributed by atoms with Gasteiger partial charge in [0.1, 0.15) is 5.82 Å². The van der Waals surface area contributed by atoms with Crippen molar-refractivity contribution < 1.29 is 4.92 Å². The third kappa shape index (κ3) is 3.23. The fourth-order valence-corrected chi connectivity index (χ4v) is 2.80. The van der Waals surface area contributed by atoms with E-state index in [1.54, 1.807) is 18.2 Å². The second-order valence-electron chi connectivity index (χ2n) is 5.55. The Hall–Kier alpha value is -2.70. The van der Waals surface area contributed by atoms with Gasteiger partial charge in [0.25, 0.3) is 5.69 Å². The minimum Gasteiger partial charge on any atom is -0.356 e. The molecule has 1 fully saturated rings. The summed E-state index contributed by atoms with van der Waals surface area (Å²) in [5.74, 6) is 1.29. The van der Waals surface area contributed by atoms with Crippen LogP contribution in [0.1, 0.15) is 19.3 Å². The lowest BCUT2D eigenvalue weighted by Gasteiger charge is -2.28. The van der Waals surface area contributed by atoms with Gasteiger partial charge in [-0.25, -0.2) is 4.98 Å². The number of rotatable bonds is 5. The Kier molecular flexibility index (Phi) is 4.36. The van der Waals surface area contributed by atoms with Crippen LogP contribution in [0.4, 0.5) is 17.5 Å². The first-order chi connectivity index (χ1) is 11.2. The highest BCUT2D eigenvalue weighted by Gasteiger charge is 2.19. The minimum absolute atomic E-state index is 0.0613. The van der Waals surface area contributed by atoms with Gasteiger partial charge in [0, 0.05) is 37.2 Å². The lowest BCUT2D eigenvalue weighted by atomic mass is 10.1. The second-order valence-corrected chi connectivity index (χ2v) is 5.55. The lowest BCUT2D eigenvalue weighted by Crippen LogP contribution is -2.30. The van der Waals surface area contributed by atoms with Crippen LogP contribution in [0.5, 0.6) is 0 Å². The Labute approximate surface area is 134 Å². The Morgan fingerprint density at radius 3 is 2.78 bits per heavy atom. The number of aromatic nitrogens is 2. The Morgan fingerprint density at radius 2 is 2.09 bits per heavy atom. The fraction of sp³-hybridized carbons (Fsp3) is 0.375. The van der Waals surface area contributed by atoms with Gasteiger partial charge in [0.15, 0.2) is 0 Å². The molecule has 0 atom stereocenters. The maximum atomic E-state index is 11.1. The molecule has 1 saturated heterocycles. The van der Waals surface area contributed by atoms with Crippen LogP contribution >= 0.6 is 0 Å². The highest BCUT2D eigenvalue weighted by molar-refractivity contribution is 5.92. The molecule has 7 nitrogen and oxygen atoms in total. The number of nitro benzene ring substituents is 1. The van der Waals surface area contributed by atoms with Crippen molar-refractivity contribution >= 4 is 28.4 Å². The molecule has 0 saturated carbocycles. The van der Waals surface area contributed by atoms with E-state index in [0.717, 1.165) is 37.1 Å². The zero-order chi connectivity index (χ0) is 16.2. The number of nitrogens with one attached hydrogen (secondary N) is 1. The van der Waals surface area contributed by atoms with Gasteiger partial charge < -0.3 is 10.2 Å². The molecule has 3 rings (SSSR count). The normalized spacial score (nSPS) is 14.7. The number of hydrogen-bond acceptors (Lipinski definition) is 6. The van der Waals surface area contributed by atoms with Crippen LogP contribution in [0.2, 0.25) is 0 Å². The van der Waals surface area contributed by atoms with E-state index in [2.05, 4.69) is 26.8 Å². The molecule has 120 valence electrons. The predicted octanol–water partition coefficient (Wildman–Crippen LogP) is 3.13. The van der Waals surface area contributed by atoms with Crippen LogP contribution < -0.4 is 10.2 Å². The molecule has 2 aromatic rings.